The number of rotatable bonds is 6. The maximum Gasteiger partial charge on any atom is 0.317 e. The summed E-state index contributed by atoms with van der Waals surface area (Å²) < 4.78 is 26.9. The van der Waals surface area contributed by atoms with Crippen LogP contribution in [0.15, 0.2) is 64.4 Å². The fourth-order valence-corrected chi connectivity index (χ4v) is 5.16. The van der Waals surface area contributed by atoms with Gasteiger partial charge in [-0.1, -0.05) is 35.9 Å². The van der Waals surface area contributed by atoms with Crippen molar-refractivity contribution in [2.45, 2.75) is 16.7 Å². The number of aryl methyl sites for hydroxylation is 1. The first-order valence-electron chi connectivity index (χ1n) is 9.24. The van der Waals surface area contributed by atoms with E-state index in [1.165, 1.54) is 9.20 Å². The molecule has 1 N–H and O–H groups in total. The summed E-state index contributed by atoms with van der Waals surface area (Å²) in [5.41, 5.74) is 1.02. The smallest absolute Gasteiger partial charge is 0.317 e. The molecule has 1 fully saturated rings. The topological polar surface area (TPSA) is 69.7 Å². The number of sulfonamides is 1. The van der Waals surface area contributed by atoms with Crippen LogP contribution in [0.5, 0.6) is 0 Å². The van der Waals surface area contributed by atoms with Crippen molar-refractivity contribution in [3.05, 3.63) is 60.2 Å². The van der Waals surface area contributed by atoms with Crippen LogP contribution in [0.4, 0.5) is 4.79 Å². The molecule has 150 valence electrons. The summed E-state index contributed by atoms with van der Waals surface area (Å²) in [6, 6.07) is 16.8. The van der Waals surface area contributed by atoms with Gasteiger partial charge in [0.1, 0.15) is 0 Å². The van der Waals surface area contributed by atoms with Gasteiger partial charge in [0.05, 0.1) is 4.90 Å². The average Bonchev–Trinajstić information content (AvgIpc) is 2.72. The van der Waals surface area contributed by atoms with Crippen molar-refractivity contribution in [2.75, 3.05) is 38.5 Å². The molecule has 1 heterocycles. The molecule has 0 aromatic heterocycles. The minimum absolute atomic E-state index is 0.138. The lowest BCUT2D eigenvalue weighted by molar-refractivity contribution is 0.173. The molecule has 0 atom stereocenters. The zero-order chi connectivity index (χ0) is 20.0. The summed E-state index contributed by atoms with van der Waals surface area (Å²) in [5, 5.41) is 2.91. The van der Waals surface area contributed by atoms with E-state index in [0.717, 1.165) is 11.3 Å². The van der Waals surface area contributed by atoms with Gasteiger partial charge in [0.2, 0.25) is 10.0 Å². The van der Waals surface area contributed by atoms with Crippen molar-refractivity contribution in [2.24, 2.45) is 0 Å². The third kappa shape index (κ3) is 5.27. The molecular formula is C20H25N3O3S2. The van der Waals surface area contributed by atoms with Gasteiger partial charge < -0.3 is 10.2 Å². The van der Waals surface area contributed by atoms with Gasteiger partial charge in [0, 0.05) is 43.4 Å². The third-order valence-electron chi connectivity index (χ3n) is 4.57. The summed E-state index contributed by atoms with van der Waals surface area (Å²) in [6.45, 7) is 3.89. The number of benzene rings is 2. The number of carbonyl (C=O) groups excluding carboxylic acids is 1. The number of hydrogen-bond donors (Lipinski definition) is 1. The van der Waals surface area contributed by atoms with Crippen LogP contribution in [0.1, 0.15) is 5.56 Å². The van der Waals surface area contributed by atoms with Gasteiger partial charge in [0.15, 0.2) is 0 Å². The number of thioether (sulfide) groups is 1. The molecule has 3 rings (SSSR count). The van der Waals surface area contributed by atoms with E-state index in [2.05, 4.69) is 5.32 Å². The number of carbonyl (C=O) groups is 1. The molecular weight excluding hydrogens is 394 g/mol. The Morgan fingerprint density at radius 2 is 1.64 bits per heavy atom. The molecule has 0 spiro atoms. The van der Waals surface area contributed by atoms with E-state index in [-0.39, 0.29) is 6.03 Å². The van der Waals surface area contributed by atoms with Crippen LogP contribution in [0, 0.1) is 6.92 Å². The average molecular weight is 420 g/mol. The van der Waals surface area contributed by atoms with Crippen LogP contribution in [-0.4, -0.2) is 62.1 Å². The minimum atomic E-state index is -3.51. The minimum Gasteiger partial charge on any atom is -0.337 e. The van der Waals surface area contributed by atoms with Crippen molar-refractivity contribution in [3.8, 4) is 0 Å². The van der Waals surface area contributed by atoms with Gasteiger partial charge in [0.25, 0.3) is 0 Å². The number of amides is 2. The predicted octanol–water partition coefficient (Wildman–Crippen LogP) is 2.80. The van der Waals surface area contributed by atoms with Crippen LogP contribution >= 0.6 is 11.8 Å². The van der Waals surface area contributed by atoms with Crippen molar-refractivity contribution in [3.63, 3.8) is 0 Å². The van der Waals surface area contributed by atoms with Crippen LogP contribution in [0.25, 0.3) is 0 Å². The fraction of sp³-hybridized carbons (Fsp3) is 0.350. The number of piperazine rings is 1. The molecule has 6 nitrogen and oxygen atoms in total. The Kier molecular flexibility index (Phi) is 6.98. The number of nitrogens with one attached hydrogen (secondary N) is 1. The van der Waals surface area contributed by atoms with E-state index in [1.807, 2.05) is 37.3 Å². The summed E-state index contributed by atoms with van der Waals surface area (Å²) >= 11 is 1.69. The molecule has 0 aliphatic carbocycles. The van der Waals surface area contributed by atoms with Crippen LogP contribution in [0.3, 0.4) is 0 Å². The molecule has 1 saturated heterocycles. The molecule has 28 heavy (non-hydrogen) atoms. The highest BCUT2D eigenvalue weighted by Crippen LogP contribution is 2.18. The lowest BCUT2D eigenvalue weighted by Crippen LogP contribution is -2.53. The Bertz CT molecular complexity index is 879. The van der Waals surface area contributed by atoms with Crippen LogP contribution < -0.4 is 5.32 Å². The van der Waals surface area contributed by atoms with E-state index in [4.69, 9.17) is 0 Å². The van der Waals surface area contributed by atoms with Gasteiger partial charge >= 0.3 is 6.03 Å². The SMILES string of the molecule is Cc1ccc(S(=O)(=O)N2CCN(C(=O)NCCSc3ccccc3)CC2)cc1. The molecule has 0 radical (unpaired) electrons. The highest BCUT2D eigenvalue weighted by atomic mass is 32.2. The van der Waals surface area contributed by atoms with Gasteiger partial charge in [-0.2, -0.15) is 4.31 Å². The maximum atomic E-state index is 12.7. The molecule has 1 aliphatic rings. The Morgan fingerprint density at radius 3 is 2.29 bits per heavy atom. The predicted molar refractivity (Wildman–Crippen MR) is 112 cm³/mol. The van der Waals surface area contributed by atoms with E-state index in [1.54, 1.807) is 40.9 Å². The third-order valence-corrected chi connectivity index (χ3v) is 7.50. The summed E-state index contributed by atoms with van der Waals surface area (Å²) in [6.07, 6.45) is 0. The van der Waals surface area contributed by atoms with Crippen LogP contribution in [-0.2, 0) is 10.0 Å². The van der Waals surface area contributed by atoms with Crippen molar-refractivity contribution in [1.29, 1.82) is 0 Å². The Hall–Kier alpha value is -2.03. The molecule has 8 heteroatoms. The van der Waals surface area contributed by atoms with Gasteiger partial charge in [-0.15, -0.1) is 11.8 Å². The van der Waals surface area contributed by atoms with E-state index in [0.29, 0.717) is 37.6 Å². The van der Waals surface area contributed by atoms with Gasteiger partial charge in [-0.05, 0) is 31.2 Å². The first-order chi connectivity index (χ1) is 13.5. The molecule has 1 aliphatic heterocycles. The van der Waals surface area contributed by atoms with Crippen LogP contribution in [0.2, 0.25) is 0 Å². The monoisotopic (exact) mass is 419 g/mol. The number of hydrogen-bond acceptors (Lipinski definition) is 4. The van der Waals surface area contributed by atoms with Crippen molar-refractivity contribution in [1.82, 2.24) is 14.5 Å². The van der Waals surface area contributed by atoms with Gasteiger partial charge in [-0.25, -0.2) is 13.2 Å². The highest BCUT2D eigenvalue weighted by Gasteiger charge is 2.29. The molecule has 0 unspecified atom stereocenters. The number of urea groups is 1. The Labute approximate surface area is 171 Å². The second kappa shape index (κ2) is 9.45. The lowest BCUT2D eigenvalue weighted by atomic mass is 10.2. The Morgan fingerprint density at radius 1 is 1.00 bits per heavy atom. The van der Waals surface area contributed by atoms with Crippen molar-refractivity contribution < 1.29 is 13.2 Å². The summed E-state index contributed by atoms with van der Waals surface area (Å²) in [7, 11) is -3.51. The highest BCUT2D eigenvalue weighted by molar-refractivity contribution is 7.99. The quantitative estimate of drug-likeness (QED) is 0.577. The summed E-state index contributed by atoms with van der Waals surface area (Å²) in [5.74, 6) is 0.789. The van der Waals surface area contributed by atoms with E-state index >= 15 is 0 Å². The summed E-state index contributed by atoms with van der Waals surface area (Å²) in [4.78, 5) is 15.5. The maximum absolute atomic E-state index is 12.7. The largest absolute Gasteiger partial charge is 0.337 e. The first-order valence-corrected chi connectivity index (χ1v) is 11.7. The Balaban J connectivity index is 1.44. The molecule has 2 aromatic rings. The zero-order valence-electron chi connectivity index (χ0n) is 15.9. The normalized spacial score (nSPS) is 15.4. The molecule has 2 aromatic carbocycles. The number of nitrogens with zero attached hydrogens (tertiary/aromatic N) is 2. The van der Waals surface area contributed by atoms with E-state index in [9.17, 15) is 13.2 Å². The van der Waals surface area contributed by atoms with Crippen molar-refractivity contribution >= 4 is 27.8 Å². The second-order valence-electron chi connectivity index (χ2n) is 6.60. The lowest BCUT2D eigenvalue weighted by Gasteiger charge is -2.34. The molecule has 0 saturated carbocycles. The van der Waals surface area contributed by atoms with E-state index < -0.39 is 10.0 Å². The standard InChI is InChI=1S/C20H25N3O3S2/c1-17-7-9-19(10-8-17)28(25,26)23-14-12-22(13-15-23)20(24)21-11-16-27-18-5-3-2-4-6-18/h2-10H,11-16H2,1H3,(H,21,24). The second-order valence-corrected chi connectivity index (χ2v) is 9.70. The molecule has 0 bridgehead atoms. The fourth-order valence-electron chi connectivity index (χ4n) is 2.95. The molecule has 2 amide bonds. The first kappa shape index (κ1) is 20.7. The zero-order valence-corrected chi connectivity index (χ0v) is 17.5. The van der Waals surface area contributed by atoms with Gasteiger partial charge in [-0.3, -0.25) is 0 Å².